The largest absolute Gasteiger partial charge is 0.457 e. The van der Waals surface area contributed by atoms with E-state index in [-0.39, 0.29) is 5.95 Å². The van der Waals surface area contributed by atoms with Crippen molar-refractivity contribution in [3.8, 4) is 11.4 Å². The Kier molecular flexibility index (Phi) is 1.61. The van der Waals surface area contributed by atoms with Crippen LogP contribution in [0.25, 0.3) is 11.4 Å². The van der Waals surface area contributed by atoms with Crippen LogP contribution in [0.5, 0.6) is 0 Å². The summed E-state index contributed by atoms with van der Waals surface area (Å²) in [4.78, 5) is 3.92. The van der Waals surface area contributed by atoms with Crippen LogP contribution in [0, 0.1) is 0 Å². The first kappa shape index (κ1) is 7.35. The van der Waals surface area contributed by atoms with Crippen LogP contribution in [-0.2, 0) is 0 Å². The van der Waals surface area contributed by atoms with Gasteiger partial charge in [-0.05, 0) is 15.9 Å². The third-order valence-electron chi connectivity index (χ3n) is 1.34. The maximum Gasteiger partial charge on any atom is 0.239 e. The molecule has 0 saturated carbocycles. The van der Waals surface area contributed by atoms with Gasteiger partial charge in [-0.3, -0.25) is 5.10 Å². The van der Waals surface area contributed by atoms with Gasteiger partial charge in [0.25, 0.3) is 0 Å². The van der Waals surface area contributed by atoms with Crippen molar-refractivity contribution < 1.29 is 4.42 Å². The molecule has 0 aliphatic heterocycles. The summed E-state index contributed by atoms with van der Waals surface area (Å²) in [6.07, 6.45) is 1.56. The molecule has 0 spiro atoms. The predicted octanol–water partition coefficient (Wildman–Crippen LogP) is 1.41. The Labute approximate surface area is 76.1 Å². The summed E-state index contributed by atoms with van der Waals surface area (Å²) in [6, 6.07) is 1.78. The summed E-state index contributed by atoms with van der Waals surface area (Å²) < 4.78 is 5.66. The molecule has 6 heteroatoms. The number of aromatic amines is 1. The minimum Gasteiger partial charge on any atom is -0.457 e. The first-order valence-corrected chi connectivity index (χ1v) is 3.97. The Balaban J connectivity index is 2.43. The van der Waals surface area contributed by atoms with Gasteiger partial charge in [0.05, 0.1) is 5.56 Å². The fraction of sp³-hybridized carbons (Fsp3) is 0. The molecule has 0 aliphatic carbocycles. The smallest absolute Gasteiger partial charge is 0.239 e. The molecule has 0 radical (unpaired) electrons. The molecule has 0 unspecified atom stereocenters. The highest BCUT2D eigenvalue weighted by atomic mass is 79.9. The number of anilines is 1. The van der Waals surface area contributed by atoms with Crippen molar-refractivity contribution in [1.82, 2.24) is 15.2 Å². The molecule has 2 aromatic rings. The molecule has 0 bridgehead atoms. The first-order chi connectivity index (χ1) is 5.75. The molecule has 0 atom stereocenters. The van der Waals surface area contributed by atoms with E-state index < -0.39 is 0 Å². The van der Waals surface area contributed by atoms with E-state index >= 15 is 0 Å². The van der Waals surface area contributed by atoms with E-state index in [1.807, 2.05) is 0 Å². The van der Waals surface area contributed by atoms with Crippen LogP contribution >= 0.6 is 15.9 Å². The number of halogens is 1. The number of hydrogen-bond acceptors (Lipinski definition) is 4. The molecule has 3 N–H and O–H groups in total. The van der Waals surface area contributed by atoms with Crippen LogP contribution in [0.15, 0.2) is 21.4 Å². The second-order valence-corrected chi connectivity index (χ2v) is 2.96. The molecule has 2 aromatic heterocycles. The molecule has 0 saturated heterocycles. The summed E-state index contributed by atoms with van der Waals surface area (Å²) >= 11 is 3.18. The number of rotatable bonds is 1. The number of furan rings is 1. The van der Waals surface area contributed by atoms with Gasteiger partial charge in [-0.1, -0.05) is 0 Å². The Morgan fingerprint density at radius 1 is 1.58 bits per heavy atom. The van der Waals surface area contributed by atoms with Crippen LogP contribution in [0.2, 0.25) is 0 Å². The number of H-pyrrole nitrogens is 1. The fourth-order valence-corrected chi connectivity index (χ4v) is 1.18. The molecule has 0 aliphatic rings. The molecule has 12 heavy (non-hydrogen) atoms. The summed E-state index contributed by atoms with van der Waals surface area (Å²) in [5.41, 5.74) is 6.14. The molecule has 62 valence electrons. The van der Waals surface area contributed by atoms with Crippen molar-refractivity contribution in [3.63, 3.8) is 0 Å². The van der Waals surface area contributed by atoms with Crippen molar-refractivity contribution in [2.75, 3.05) is 5.73 Å². The average Bonchev–Trinajstić information content (AvgIpc) is 2.58. The minimum absolute atomic E-state index is 0.224. The monoisotopic (exact) mass is 228 g/mol. The zero-order valence-electron chi connectivity index (χ0n) is 5.91. The standard InChI is InChI=1S/C6H5BrN4O/c7-4-1-3(2-12-4)5-9-6(8)11-10-5/h1-2H,(H3,8,9,10,11). The number of nitrogens with one attached hydrogen (secondary N) is 1. The number of hydrogen-bond donors (Lipinski definition) is 2. The summed E-state index contributed by atoms with van der Waals surface area (Å²) in [6.45, 7) is 0. The van der Waals surface area contributed by atoms with Crippen LogP contribution in [0.3, 0.4) is 0 Å². The van der Waals surface area contributed by atoms with E-state index in [0.717, 1.165) is 5.56 Å². The van der Waals surface area contributed by atoms with Crippen molar-refractivity contribution >= 4 is 21.9 Å². The lowest BCUT2D eigenvalue weighted by Crippen LogP contribution is -1.85. The number of nitrogens with two attached hydrogens (primary N) is 1. The molecule has 5 nitrogen and oxygen atoms in total. The van der Waals surface area contributed by atoms with Crippen molar-refractivity contribution in [3.05, 3.63) is 17.0 Å². The quantitative estimate of drug-likeness (QED) is 0.774. The Morgan fingerprint density at radius 3 is 2.92 bits per heavy atom. The zero-order chi connectivity index (χ0) is 8.55. The van der Waals surface area contributed by atoms with E-state index in [9.17, 15) is 0 Å². The maximum atomic E-state index is 5.33. The molecule has 0 fully saturated rings. The van der Waals surface area contributed by atoms with Crippen molar-refractivity contribution in [2.45, 2.75) is 0 Å². The van der Waals surface area contributed by atoms with Gasteiger partial charge in [-0.25, -0.2) is 0 Å². The van der Waals surface area contributed by atoms with Gasteiger partial charge in [0.2, 0.25) is 5.95 Å². The van der Waals surface area contributed by atoms with Gasteiger partial charge in [0.1, 0.15) is 6.26 Å². The van der Waals surface area contributed by atoms with Crippen molar-refractivity contribution in [2.24, 2.45) is 0 Å². The lowest BCUT2D eigenvalue weighted by molar-refractivity contribution is 0.541. The number of aromatic nitrogens is 3. The van der Waals surface area contributed by atoms with Gasteiger partial charge in [-0.2, -0.15) is 4.98 Å². The second-order valence-electron chi connectivity index (χ2n) is 2.18. The summed E-state index contributed by atoms with van der Waals surface area (Å²) in [5.74, 6) is 0.823. The Hall–Kier alpha value is -1.30. The lowest BCUT2D eigenvalue weighted by Gasteiger charge is -1.82. The zero-order valence-corrected chi connectivity index (χ0v) is 7.50. The SMILES string of the molecule is Nc1n[nH]c(-c2coc(Br)c2)n1. The van der Waals surface area contributed by atoms with Crippen LogP contribution in [-0.4, -0.2) is 15.2 Å². The second kappa shape index (κ2) is 2.63. The van der Waals surface area contributed by atoms with E-state index in [2.05, 4.69) is 31.1 Å². The van der Waals surface area contributed by atoms with E-state index in [4.69, 9.17) is 10.2 Å². The lowest BCUT2D eigenvalue weighted by atomic mass is 10.3. The molecule has 2 heterocycles. The summed E-state index contributed by atoms with van der Waals surface area (Å²) in [7, 11) is 0. The van der Waals surface area contributed by atoms with Crippen LogP contribution < -0.4 is 5.73 Å². The minimum atomic E-state index is 0.224. The number of nitrogens with zero attached hydrogens (tertiary/aromatic N) is 2. The van der Waals surface area contributed by atoms with Gasteiger partial charge < -0.3 is 10.2 Å². The molecule has 0 amide bonds. The predicted molar refractivity (Wildman–Crippen MR) is 46.2 cm³/mol. The molecule has 0 aromatic carbocycles. The topological polar surface area (TPSA) is 80.7 Å². The van der Waals surface area contributed by atoms with Gasteiger partial charge in [0.15, 0.2) is 10.5 Å². The third kappa shape index (κ3) is 1.20. The van der Waals surface area contributed by atoms with Gasteiger partial charge >= 0.3 is 0 Å². The van der Waals surface area contributed by atoms with Crippen LogP contribution in [0.4, 0.5) is 5.95 Å². The highest BCUT2D eigenvalue weighted by molar-refractivity contribution is 9.10. The number of nitrogen functional groups attached to an aromatic ring is 1. The summed E-state index contributed by atoms with van der Waals surface area (Å²) in [5, 5.41) is 6.36. The Bertz CT molecular complexity index is 355. The highest BCUT2D eigenvalue weighted by Gasteiger charge is 2.05. The molecular formula is C6H5BrN4O. The highest BCUT2D eigenvalue weighted by Crippen LogP contribution is 2.21. The average molecular weight is 229 g/mol. The molecule has 2 rings (SSSR count). The fourth-order valence-electron chi connectivity index (χ4n) is 0.838. The van der Waals surface area contributed by atoms with E-state index in [1.165, 1.54) is 0 Å². The van der Waals surface area contributed by atoms with Gasteiger partial charge in [-0.15, -0.1) is 5.10 Å². The first-order valence-electron chi connectivity index (χ1n) is 3.18. The van der Waals surface area contributed by atoms with Crippen molar-refractivity contribution in [1.29, 1.82) is 0 Å². The van der Waals surface area contributed by atoms with E-state index in [1.54, 1.807) is 12.3 Å². The Morgan fingerprint density at radius 2 is 2.42 bits per heavy atom. The maximum absolute atomic E-state index is 5.33. The third-order valence-corrected chi connectivity index (χ3v) is 1.76. The van der Waals surface area contributed by atoms with Crippen LogP contribution in [0.1, 0.15) is 0 Å². The molecular weight excluding hydrogens is 224 g/mol. The van der Waals surface area contributed by atoms with Gasteiger partial charge in [0, 0.05) is 6.07 Å². The van der Waals surface area contributed by atoms with E-state index in [0.29, 0.717) is 10.5 Å². The normalized spacial score (nSPS) is 10.4.